The monoisotopic (exact) mass is 197 g/mol. The van der Waals surface area contributed by atoms with Crippen LogP contribution >= 0.6 is 0 Å². The number of hydrogen-bond donors (Lipinski definition) is 0. The number of aryl methyl sites for hydroxylation is 1. The van der Waals surface area contributed by atoms with Crippen molar-refractivity contribution in [3.05, 3.63) is 65.5 Å². The molecule has 0 amide bonds. The van der Waals surface area contributed by atoms with Crippen LogP contribution in [0.2, 0.25) is 0 Å². The average molecular weight is 197 g/mol. The van der Waals surface area contributed by atoms with Gasteiger partial charge in [-0.1, -0.05) is 37.3 Å². The van der Waals surface area contributed by atoms with Crippen molar-refractivity contribution in [3.8, 4) is 0 Å². The summed E-state index contributed by atoms with van der Waals surface area (Å²) in [4.78, 5) is 4.19. The van der Waals surface area contributed by atoms with Crippen LogP contribution in [0, 0.1) is 6.92 Å². The van der Waals surface area contributed by atoms with Gasteiger partial charge >= 0.3 is 0 Å². The molecule has 1 atom stereocenters. The van der Waals surface area contributed by atoms with Crippen LogP contribution in [0.5, 0.6) is 0 Å². The van der Waals surface area contributed by atoms with Gasteiger partial charge in [0.05, 0.1) is 0 Å². The lowest BCUT2D eigenvalue weighted by Crippen LogP contribution is -1.98. The highest BCUT2D eigenvalue weighted by atomic mass is 14.6. The van der Waals surface area contributed by atoms with E-state index < -0.39 is 0 Å². The lowest BCUT2D eigenvalue weighted by molar-refractivity contribution is 0.898. The van der Waals surface area contributed by atoms with Gasteiger partial charge in [-0.2, -0.15) is 0 Å². The third-order valence-electron chi connectivity index (χ3n) is 2.85. The van der Waals surface area contributed by atoms with Gasteiger partial charge in [-0.3, -0.25) is 4.98 Å². The van der Waals surface area contributed by atoms with E-state index in [1.165, 1.54) is 16.7 Å². The van der Waals surface area contributed by atoms with Gasteiger partial charge < -0.3 is 0 Å². The minimum atomic E-state index is 0.417. The first-order valence-corrected chi connectivity index (χ1v) is 5.24. The van der Waals surface area contributed by atoms with Gasteiger partial charge in [0.1, 0.15) is 0 Å². The standard InChI is InChI=1S/C14H15N/c1-11-8-9-15-10-14(11)12(2)13-6-4-3-5-7-13/h3-10,12H,1-2H3. The lowest BCUT2D eigenvalue weighted by Gasteiger charge is -2.14. The van der Waals surface area contributed by atoms with E-state index in [9.17, 15) is 0 Å². The fourth-order valence-corrected chi connectivity index (χ4v) is 1.85. The Labute approximate surface area is 90.8 Å². The molecule has 0 bridgehead atoms. The van der Waals surface area contributed by atoms with Gasteiger partial charge in [0, 0.05) is 18.3 Å². The predicted molar refractivity (Wildman–Crippen MR) is 62.9 cm³/mol. The molecular weight excluding hydrogens is 182 g/mol. The van der Waals surface area contributed by atoms with Gasteiger partial charge in [0.2, 0.25) is 0 Å². The molecular formula is C14H15N. The summed E-state index contributed by atoms with van der Waals surface area (Å²) in [6.45, 7) is 4.36. The Morgan fingerprint density at radius 3 is 2.47 bits per heavy atom. The molecule has 0 saturated heterocycles. The predicted octanol–water partition coefficient (Wildman–Crippen LogP) is 3.54. The highest BCUT2D eigenvalue weighted by molar-refractivity contribution is 5.34. The van der Waals surface area contributed by atoms with E-state index in [4.69, 9.17) is 0 Å². The summed E-state index contributed by atoms with van der Waals surface area (Å²) in [5, 5.41) is 0. The number of hydrogen-bond acceptors (Lipinski definition) is 1. The summed E-state index contributed by atoms with van der Waals surface area (Å²) in [6.07, 6.45) is 3.81. The Bertz CT molecular complexity index is 434. The Hall–Kier alpha value is -1.63. The van der Waals surface area contributed by atoms with Crippen molar-refractivity contribution in [3.63, 3.8) is 0 Å². The molecule has 1 heteroatoms. The largest absolute Gasteiger partial charge is 0.264 e. The molecule has 0 spiro atoms. The molecule has 15 heavy (non-hydrogen) atoms. The highest BCUT2D eigenvalue weighted by Gasteiger charge is 2.09. The molecule has 1 aromatic carbocycles. The molecule has 0 N–H and O–H groups in total. The summed E-state index contributed by atoms with van der Waals surface area (Å²) >= 11 is 0. The minimum Gasteiger partial charge on any atom is -0.264 e. The second kappa shape index (κ2) is 4.26. The third-order valence-corrected chi connectivity index (χ3v) is 2.85. The van der Waals surface area contributed by atoms with E-state index in [1.807, 2.05) is 18.5 Å². The molecule has 1 unspecified atom stereocenters. The molecule has 0 radical (unpaired) electrons. The molecule has 1 aromatic heterocycles. The molecule has 2 rings (SSSR count). The van der Waals surface area contributed by atoms with Gasteiger partial charge in [-0.15, -0.1) is 0 Å². The highest BCUT2D eigenvalue weighted by Crippen LogP contribution is 2.25. The van der Waals surface area contributed by atoms with Crippen LogP contribution < -0.4 is 0 Å². The number of aromatic nitrogens is 1. The Balaban J connectivity index is 2.37. The second-order valence-corrected chi connectivity index (χ2v) is 3.86. The maximum atomic E-state index is 4.19. The minimum absolute atomic E-state index is 0.417. The van der Waals surface area contributed by atoms with Crippen LogP contribution in [0.1, 0.15) is 29.5 Å². The Morgan fingerprint density at radius 2 is 1.80 bits per heavy atom. The smallest absolute Gasteiger partial charge is 0.0308 e. The molecule has 0 saturated carbocycles. The molecule has 0 aliphatic carbocycles. The zero-order valence-electron chi connectivity index (χ0n) is 9.14. The molecule has 1 heterocycles. The van der Waals surface area contributed by atoms with Gasteiger partial charge in [0.25, 0.3) is 0 Å². The number of rotatable bonds is 2. The molecule has 0 aliphatic rings. The first-order chi connectivity index (χ1) is 7.29. The molecule has 0 fully saturated rings. The first-order valence-electron chi connectivity index (χ1n) is 5.24. The zero-order chi connectivity index (χ0) is 10.7. The lowest BCUT2D eigenvalue weighted by atomic mass is 9.92. The van der Waals surface area contributed by atoms with E-state index in [0.29, 0.717) is 5.92 Å². The van der Waals surface area contributed by atoms with Crippen LogP contribution in [0.4, 0.5) is 0 Å². The fourth-order valence-electron chi connectivity index (χ4n) is 1.85. The summed E-state index contributed by atoms with van der Waals surface area (Å²) in [5.41, 5.74) is 3.96. The number of pyridine rings is 1. The van der Waals surface area contributed by atoms with Crippen LogP contribution in [0.15, 0.2) is 48.8 Å². The van der Waals surface area contributed by atoms with E-state index in [1.54, 1.807) is 0 Å². The molecule has 76 valence electrons. The average Bonchev–Trinajstić information content (AvgIpc) is 2.30. The number of benzene rings is 1. The van der Waals surface area contributed by atoms with E-state index >= 15 is 0 Å². The van der Waals surface area contributed by atoms with Crippen molar-refractivity contribution in [1.82, 2.24) is 4.98 Å². The molecule has 2 aromatic rings. The maximum Gasteiger partial charge on any atom is 0.0308 e. The molecule has 1 nitrogen and oxygen atoms in total. The summed E-state index contributed by atoms with van der Waals surface area (Å²) in [7, 11) is 0. The SMILES string of the molecule is Cc1ccncc1C(C)c1ccccc1. The van der Waals surface area contributed by atoms with E-state index in [2.05, 4.69) is 49.2 Å². The van der Waals surface area contributed by atoms with Crippen LogP contribution in [-0.2, 0) is 0 Å². The summed E-state index contributed by atoms with van der Waals surface area (Å²) < 4.78 is 0. The van der Waals surface area contributed by atoms with Crippen molar-refractivity contribution < 1.29 is 0 Å². The second-order valence-electron chi connectivity index (χ2n) is 3.86. The van der Waals surface area contributed by atoms with Crippen LogP contribution in [0.25, 0.3) is 0 Å². The Morgan fingerprint density at radius 1 is 1.07 bits per heavy atom. The number of nitrogens with zero attached hydrogens (tertiary/aromatic N) is 1. The van der Waals surface area contributed by atoms with Crippen molar-refractivity contribution in [2.75, 3.05) is 0 Å². The normalized spacial score (nSPS) is 12.4. The van der Waals surface area contributed by atoms with Gasteiger partial charge in [-0.25, -0.2) is 0 Å². The fraction of sp³-hybridized carbons (Fsp3) is 0.214. The van der Waals surface area contributed by atoms with E-state index in [-0.39, 0.29) is 0 Å². The van der Waals surface area contributed by atoms with Crippen molar-refractivity contribution >= 4 is 0 Å². The first kappa shape index (κ1) is 9.91. The summed E-state index contributed by atoms with van der Waals surface area (Å²) in [6, 6.07) is 12.6. The maximum absolute atomic E-state index is 4.19. The van der Waals surface area contributed by atoms with Crippen molar-refractivity contribution in [1.29, 1.82) is 0 Å². The van der Waals surface area contributed by atoms with Crippen molar-refractivity contribution in [2.45, 2.75) is 19.8 Å². The molecule has 0 aliphatic heterocycles. The van der Waals surface area contributed by atoms with Gasteiger partial charge in [0.15, 0.2) is 0 Å². The topological polar surface area (TPSA) is 12.9 Å². The summed E-state index contributed by atoms with van der Waals surface area (Å²) in [5.74, 6) is 0.417. The van der Waals surface area contributed by atoms with Gasteiger partial charge in [-0.05, 0) is 29.7 Å². The van der Waals surface area contributed by atoms with Crippen LogP contribution in [0.3, 0.4) is 0 Å². The zero-order valence-corrected chi connectivity index (χ0v) is 9.14. The van der Waals surface area contributed by atoms with Crippen LogP contribution in [-0.4, -0.2) is 4.98 Å². The Kier molecular flexibility index (Phi) is 2.82. The van der Waals surface area contributed by atoms with E-state index in [0.717, 1.165) is 0 Å². The quantitative estimate of drug-likeness (QED) is 0.717. The van der Waals surface area contributed by atoms with Crippen molar-refractivity contribution in [2.24, 2.45) is 0 Å². The third kappa shape index (κ3) is 2.07.